The molecule has 0 fully saturated rings. The number of ether oxygens (including phenoxy) is 1. The van der Waals surface area contributed by atoms with Gasteiger partial charge in [-0.2, -0.15) is 0 Å². The molecule has 3 rings (SSSR count). The monoisotopic (exact) mass is 464 g/mol. The maximum atomic E-state index is 13.3. The summed E-state index contributed by atoms with van der Waals surface area (Å²) in [6, 6.07) is 15.2. The molecule has 3 N–H and O–H groups in total. The van der Waals surface area contributed by atoms with Crippen LogP contribution in [0.2, 0.25) is 0 Å². The molecule has 0 radical (unpaired) electrons. The van der Waals surface area contributed by atoms with Gasteiger partial charge in [-0.25, -0.2) is 4.79 Å². The predicted molar refractivity (Wildman–Crippen MR) is 134 cm³/mol. The molecule has 0 bridgehead atoms. The number of aromatic nitrogens is 2. The zero-order chi connectivity index (χ0) is 24.7. The minimum Gasteiger partial charge on any atom is -0.493 e. The lowest BCUT2D eigenvalue weighted by Gasteiger charge is -2.25. The number of carbonyl (C=O) groups excluding carboxylic acids is 1. The van der Waals surface area contributed by atoms with Crippen LogP contribution in [0.5, 0.6) is 5.75 Å². The minimum atomic E-state index is -0.685. The molecule has 1 amide bonds. The van der Waals surface area contributed by atoms with Crippen molar-refractivity contribution in [1.82, 2.24) is 9.55 Å². The Balaban J connectivity index is 1.90. The summed E-state index contributed by atoms with van der Waals surface area (Å²) in [6.45, 7) is 6.59. The highest BCUT2D eigenvalue weighted by molar-refractivity contribution is 5.95. The van der Waals surface area contributed by atoms with Crippen molar-refractivity contribution in [3.63, 3.8) is 0 Å². The van der Waals surface area contributed by atoms with E-state index in [9.17, 15) is 14.4 Å². The van der Waals surface area contributed by atoms with Crippen LogP contribution in [0.3, 0.4) is 0 Å². The predicted octanol–water partition coefficient (Wildman–Crippen LogP) is 3.54. The first-order valence-electron chi connectivity index (χ1n) is 11.5. The van der Waals surface area contributed by atoms with Crippen LogP contribution in [0.1, 0.15) is 42.9 Å². The lowest BCUT2D eigenvalue weighted by molar-refractivity contribution is -0.119. The molecule has 1 heterocycles. The standard InChI is InChI=1S/C26H32N4O4/c1-4-5-12-29-24(27)23(25(32)28-26(29)33)30(17-20-9-7-6-8-10-20)22(31)11-13-34-21-15-18(2)14-19(3)16-21/h6-10,14-16H,4-5,11-13,17,27H2,1-3H3,(H,28,32,33). The number of H-pyrrole nitrogens is 1. The lowest BCUT2D eigenvalue weighted by atomic mass is 10.1. The van der Waals surface area contributed by atoms with E-state index in [1.165, 1.54) is 9.47 Å². The Labute approximate surface area is 199 Å². The number of aryl methyl sites for hydroxylation is 2. The number of benzene rings is 2. The van der Waals surface area contributed by atoms with Crippen molar-refractivity contribution < 1.29 is 9.53 Å². The van der Waals surface area contributed by atoms with Crippen LogP contribution in [0.25, 0.3) is 0 Å². The molecular formula is C26H32N4O4. The van der Waals surface area contributed by atoms with Crippen molar-refractivity contribution in [2.75, 3.05) is 17.2 Å². The number of nitrogens with one attached hydrogen (secondary N) is 1. The van der Waals surface area contributed by atoms with Gasteiger partial charge in [0.25, 0.3) is 5.56 Å². The van der Waals surface area contributed by atoms with Crippen molar-refractivity contribution in [1.29, 1.82) is 0 Å². The molecule has 0 aliphatic carbocycles. The van der Waals surface area contributed by atoms with Crippen LogP contribution in [0, 0.1) is 13.8 Å². The summed E-state index contributed by atoms with van der Waals surface area (Å²) in [7, 11) is 0. The van der Waals surface area contributed by atoms with E-state index in [0.29, 0.717) is 18.7 Å². The third kappa shape index (κ3) is 6.15. The van der Waals surface area contributed by atoms with Gasteiger partial charge in [0.2, 0.25) is 5.91 Å². The third-order valence-corrected chi connectivity index (χ3v) is 5.48. The van der Waals surface area contributed by atoms with Gasteiger partial charge < -0.3 is 10.5 Å². The molecule has 3 aromatic rings. The molecule has 0 saturated carbocycles. The van der Waals surface area contributed by atoms with Crippen molar-refractivity contribution in [2.45, 2.75) is 53.1 Å². The average molecular weight is 465 g/mol. The lowest BCUT2D eigenvalue weighted by Crippen LogP contribution is -2.41. The Kier molecular flexibility index (Phi) is 8.29. The number of nitrogen functional groups attached to an aromatic ring is 1. The smallest absolute Gasteiger partial charge is 0.330 e. The van der Waals surface area contributed by atoms with E-state index in [2.05, 4.69) is 4.98 Å². The van der Waals surface area contributed by atoms with Gasteiger partial charge in [-0.3, -0.25) is 24.0 Å². The summed E-state index contributed by atoms with van der Waals surface area (Å²) >= 11 is 0. The number of unbranched alkanes of at least 4 members (excludes halogenated alkanes) is 1. The molecule has 8 heteroatoms. The van der Waals surface area contributed by atoms with Gasteiger partial charge in [-0.1, -0.05) is 49.7 Å². The van der Waals surface area contributed by atoms with Gasteiger partial charge >= 0.3 is 5.69 Å². The molecule has 8 nitrogen and oxygen atoms in total. The van der Waals surface area contributed by atoms with E-state index in [1.807, 2.05) is 69.3 Å². The van der Waals surface area contributed by atoms with Crippen LogP contribution < -0.4 is 26.6 Å². The fraction of sp³-hybridized carbons (Fsp3) is 0.346. The van der Waals surface area contributed by atoms with Gasteiger partial charge in [-0.15, -0.1) is 0 Å². The maximum Gasteiger partial charge on any atom is 0.330 e. The first kappa shape index (κ1) is 24.8. The van der Waals surface area contributed by atoms with E-state index in [4.69, 9.17) is 10.5 Å². The molecule has 2 aromatic carbocycles. The zero-order valence-corrected chi connectivity index (χ0v) is 20.0. The van der Waals surface area contributed by atoms with E-state index < -0.39 is 11.2 Å². The Hall–Kier alpha value is -3.81. The summed E-state index contributed by atoms with van der Waals surface area (Å²) in [5.74, 6) is 0.346. The van der Waals surface area contributed by atoms with Crippen LogP contribution >= 0.6 is 0 Å². The van der Waals surface area contributed by atoms with Gasteiger partial charge in [-0.05, 0) is 49.1 Å². The summed E-state index contributed by atoms with van der Waals surface area (Å²) in [6.07, 6.45) is 1.60. The van der Waals surface area contributed by atoms with Crippen LogP contribution in [0.15, 0.2) is 58.1 Å². The number of hydrogen-bond acceptors (Lipinski definition) is 5. The largest absolute Gasteiger partial charge is 0.493 e. The topological polar surface area (TPSA) is 110 Å². The van der Waals surface area contributed by atoms with E-state index in [1.54, 1.807) is 0 Å². The van der Waals surface area contributed by atoms with E-state index in [0.717, 1.165) is 23.1 Å². The number of nitrogens with two attached hydrogens (primary N) is 1. The fourth-order valence-corrected chi connectivity index (χ4v) is 3.84. The number of amides is 1. The first-order chi connectivity index (χ1) is 16.3. The molecular weight excluding hydrogens is 432 g/mol. The van der Waals surface area contributed by atoms with E-state index >= 15 is 0 Å². The summed E-state index contributed by atoms with van der Waals surface area (Å²) in [5.41, 5.74) is 7.98. The number of rotatable bonds is 10. The van der Waals surface area contributed by atoms with Gasteiger partial charge in [0.05, 0.1) is 19.6 Å². The van der Waals surface area contributed by atoms with Gasteiger partial charge in [0.1, 0.15) is 11.6 Å². The number of aromatic amines is 1. The number of nitrogens with zero attached hydrogens (tertiary/aromatic N) is 2. The highest BCUT2D eigenvalue weighted by Gasteiger charge is 2.24. The molecule has 0 aliphatic rings. The van der Waals surface area contributed by atoms with Crippen LogP contribution in [-0.2, 0) is 17.9 Å². The van der Waals surface area contributed by atoms with Crippen molar-refractivity contribution >= 4 is 17.4 Å². The fourth-order valence-electron chi connectivity index (χ4n) is 3.84. The second-order valence-corrected chi connectivity index (χ2v) is 8.39. The maximum absolute atomic E-state index is 13.3. The molecule has 0 atom stereocenters. The molecule has 0 saturated heterocycles. The highest BCUT2D eigenvalue weighted by Crippen LogP contribution is 2.22. The molecule has 1 aromatic heterocycles. The molecule has 180 valence electrons. The molecule has 0 unspecified atom stereocenters. The Bertz CT molecular complexity index is 1230. The van der Waals surface area contributed by atoms with Gasteiger partial charge in [0.15, 0.2) is 5.69 Å². The number of hydrogen-bond donors (Lipinski definition) is 2. The average Bonchev–Trinajstić information content (AvgIpc) is 2.78. The number of anilines is 2. The Morgan fingerprint density at radius 2 is 1.76 bits per heavy atom. The first-order valence-corrected chi connectivity index (χ1v) is 11.5. The normalized spacial score (nSPS) is 10.8. The van der Waals surface area contributed by atoms with Crippen molar-refractivity contribution in [3.8, 4) is 5.75 Å². The van der Waals surface area contributed by atoms with Crippen molar-refractivity contribution in [2.24, 2.45) is 0 Å². The molecule has 0 spiro atoms. The molecule has 0 aliphatic heterocycles. The molecule has 34 heavy (non-hydrogen) atoms. The van der Waals surface area contributed by atoms with Gasteiger partial charge in [0, 0.05) is 6.54 Å². The summed E-state index contributed by atoms with van der Waals surface area (Å²) < 4.78 is 7.13. The van der Waals surface area contributed by atoms with Crippen molar-refractivity contribution in [3.05, 3.63) is 86.1 Å². The minimum absolute atomic E-state index is 0.0123. The summed E-state index contributed by atoms with van der Waals surface area (Å²) in [4.78, 5) is 42.2. The number of carbonyl (C=O) groups is 1. The van der Waals surface area contributed by atoms with Crippen LogP contribution in [-0.4, -0.2) is 22.1 Å². The second kappa shape index (κ2) is 11.4. The highest BCUT2D eigenvalue weighted by atomic mass is 16.5. The summed E-state index contributed by atoms with van der Waals surface area (Å²) in [5, 5.41) is 0. The Morgan fingerprint density at radius 3 is 2.41 bits per heavy atom. The SMILES string of the molecule is CCCCn1c(N)c(N(Cc2ccccc2)C(=O)CCOc2cc(C)cc(C)c2)c(=O)[nH]c1=O. The third-order valence-electron chi connectivity index (χ3n) is 5.48. The zero-order valence-electron chi connectivity index (χ0n) is 20.0. The van der Waals surface area contributed by atoms with Crippen LogP contribution in [0.4, 0.5) is 11.5 Å². The quantitative estimate of drug-likeness (QED) is 0.477. The Morgan fingerprint density at radius 1 is 1.09 bits per heavy atom. The van der Waals surface area contributed by atoms with E-state index in [-0.39, 0.29) is 37.0 Å². The second-order valence-electron chi connectivity index (χ2n) is 8.39.